The fourth-order valence-corrected chi connectivity index (χ4v) is 3.14. The second-order valence-corrected chi connectivity index (χ2v) is 6.44. The van der Waals surface area contributed by atoms with Gasteiger partial charge in [0.1, 0.15) is 0 Å². The van der Waals surface area contributed by atoms with E-state index in [4.69, 9.17) is 12.2 Å². The number of hydrogen-bond acceptors (Lipinski definition) is 3. The van der Waals surface area contributed by atoms with E-state index in [1.807, 2.05) is 42.5 Å². The zero-order valence-corrected chi connectivity index (χ0v) is 13.7. The first-order chi connectivity index (χ1) is 11.6. The molecule has 120 valence electrons. The monoisotopic (exact) mass is 338 g/mol. The third kappa shape index (κ3) is 2.59. The van der Waals surface area contributed by atoms with E-state index in [0.717, 1.165) is 23.6 Å². The van der Waals surface area contributed by atoms with Crippen LogP contribution >= 0.6 is 12.2 Å². The second kappa shape index (κ2) is 5.79. The van der Waals surface area contributed by atoms with Crippen molar-refractivity contribution in [2.75, 3.05) is 4.90 Å². The van der Waals surface area contributed by atoms with Crippen molar-refractivity contribution in [1.82, 2.24) is 5.32 Å². The van der Waals surface area contributed by atoms with E-state index in [2.05, 4.69) is 10.3 Å². The lowest BCUT2D eigenvalue weighted by atomic mass is 10.0. The first kappa shape index (κ1) is 15.0. The average Bonchev–Trinajstić information content (AvgIpc) is 3.39. The molecule has 5 nitrogen and oxygen atoms in total. The molecule has 1 unspecified atom stereocenters. The number of amides is 2. The predicted molar refractivity (Wildman–Crippen MR) is 95.7 cm³/mol. The van der Waals surface area contributed by atoms with E-state index in [1.165, 1.54) is 4.90 Å². The van der Waals surface area contributed by atoms with Crippen LogP contribution in [-0.4, -0.2) is 29.2 Å². The molecule has 24 heavy (non-hydrogen) atoms. The summed E-state index contributed by atoms with van der Waals surface area (Å²) in [6.45, 7) is 0. The SMILES string of the molecule is O=C1NC(=S)N(c2cccc3ccccc23)C(=O)C1C=[NH+]C1CC1. The molecule has 0 radical (unpaired) electrons. The minimum absolute atomic E-state index is 0.123. The number of fused-ring (bicyclic) bond motifs is 1. The Hall–Kier alpha value is -2.60. The van der Waals surface area contributed by atoms with E-state index in [-0.39, 0.29) is 16.9 Å². The maximum atomic E-state index is 12.9. The zero-order chi connectivity index (χ0) is 16.7. The minimum atomic E-state index is -0.878. The van der Waals surface area contributed by atoms with Gasteiger partial charge in [0, 0.05) is 18.2 Å². The number of carbonyl (C=O) groups excluding carboxylic acids is 2. The fraction of sp³-hybridized carbons (Fsp3) is 0.222. The van der Waals surface area contributed by atoms with E-state index in [9.17, 15) is 9.59 Å². The van der Waals surface area contributed by atoms with Gasteiger partial charge in [-0.1, -0.05) is 36.4 Å². The van der Waals surface area contributed by atoms with Crippen LogP contribution in [0.25, 0.3) is 10.8 Å². The van der Waals surface area contributed by atoms with Crippen LogP contribution in [0.2, 0.25) is 0 Å². The van der Waals surface area contributed by atoms with Crippen LogP contribution in [0.1, 0.15) is 12.8 Å². The molecule has 0 bridgehead atoms. The summed E-state index contributed by atoms with van der Waals surface area (Å²) in [7, 11) is 0. The van der Waals surface area contributed by atoms with Crippen LogP contribution < -0.4 is 15.2 Å². The fourth-order valence-electron chi connectivity index (χ4n) is 2.85. The van der Waals surface area contributed by atoms with Gasteiger partial charge in [0.15, 0.2) is 23.3 Å². The molecule has 2 N–H and O–H groups in total. The number of thiocarbonyl (C=S) groups is 1. The quantitative estimate of drug-likeness (QED) is 0.487. The number of anilines is 1. The zero-order valence-electron chi connectivity index (χ0n) is 12.9. The molecule has 6 heteroatoms. The average molecular weight is 338 g/mol. The Morgan fingerprint density at radius 3 is 2.67 bits per heavy atom. The lowest BCUT2D eigenvalue weighted by Crippen LogP contribution is -2.74. The summed E-state index contributed by atoms with van der Waals surface area (Å²) in [5.41, 5.74) is 0.688. The van der Waals surface area contributed by atoms with Crippen molar-refractivity contribution in [2.45, 2.75) is 18.9 Å². The van der Waals surface area contributed by atoms with Crippen LogP contribution in [0.3, 0.4) is 0 Å². The van der Waals surface area contributed by atoms with E-state index >= 15 is 0 Å². The van der Waals surface area contributed by atoms with Gasteiger partial charge in [-0.25, -0.2) is 4.99 Å². The largest absolute Gasteiger partial charge is 0.301 e. The highest BCUT2D eigenvalue weighted by Gasteiger charge is 2.41. The molecule has 1 aliphatic heterocycles. The molecule has 1 aliphatic carbocycles. The van der Waals surface area contributed by atoms with E-state index in [0.29, 0.717) is 11.7 Å². The maximum Gasteiger partial charge on any atom is 0.256 e. The van der Waals surface area contributed by atoms with E-state index in [1.54, 1.807) is 6.21 Å². The molecule has 0 aromatic heterocycles. The second-order valence-electron chi connectivity index (χ2n) is 6.05. The molecular weight excluding hydrogens is 322 g/mol. The highest BCUT2D eigenvalue weighted by atomic mass is 32.1. The van der Waals surface area contributed by atoms with Crippen molar-refractivity contribution < 1.29 is 14.6 Å². The van der Waals surface area contributed by atoms with Crippen molar-refractivity contribution in [3.8, 4) is 0 Å². The third-order valence-corrected chi connectivity index (χ3v) is 4.57. The highest BCUT2D eigenvalue weighted by Crippen LogP contribution is 2.29. The smallest absolute Gasteiger partial charge is 0.256 e. The van der Waals surface area contributed by atoms with Gasteiger partial charge >= 0.3 is 0 Å². The van der Waals surface area contributed by atoms with Gasteiger partial charge in [0.05, 0.1) is 5.69 Å². The normalized spacial score (nSPS) is 21.6. The number of benzene rings is 2. The number of carbonyl (C=O) groups is 2. The number of hydrogen-bond donors (Lipinski definition) is 2. The van der Waals surface area contributed by atoms with Gasteiger partial charge in [0.2, 0.25) is 5.91 Å². The summed E-state index contributed by atoms with van der Waals surface area (Å²) in [5.74, 6) is -1.58. The summed E-state index contributed by atoms with van der Waals surface area (Å²) in [6.07, 6.45) is 3.74. The third-order valence-electron chi connectivity index (χ3n) is 4.29. The van der Waals surface area contributed by atoms with Crippen molar-refractivity contribution in [2.24, 2.45) is 5.92 Å². The standard InChI is InChI=1S/C18H15N3O2S/c22-16-14(10-19-12-8-9-12)17(23)21(18(24)20-16)15-7-3-5-11-4-1-2-6-13(11)15/h1-7,10,12,14H,8-9H2,(H,20,22,24)/p+1. The molecule has 2 aromatic rings. The lowest BCUT2D eigenvalue weighted by Gasteiger charge is -2.30. The first-order valence-corrected chi connectivity index (χ1v) is 8.32. The topological polar surface area (TPSA) is 63.4 Å². The molecule has 1 atom stereocenters. The van der Waals surface area contributed by atoms with Crippen molar-refractivity contribution in [1.29, 1.82) is 0 Å². The van der Waals surface area contributed by atoms with Gasteiger partial charge in [0.25, 0.3) is 5.91 Å². The van der Waals surface area contributed by atoms with E-state index < -0.39 is 5.92 Å². The van der Waals surface area contributed by atoms with Gasteiger partial charge in [-0.15, -0.1) is 0 Å². The Kier molecular flexibility index (Phi) is 3.61. The number of nitrogens with zero attached hydrogens (tertiary/aromatic N) is 1. The van der Waals surface area contributed by atoms with Crippen LogP contribution in [0, 0.1) is 5.92 Å². The van der Waals surface area contributed by atoms with Crippen molar-refractivity contribution >= 4 is 51.8 Å². The Balaban J connectivity index is 1.76. The van der Waals surface area contributed by atoms with Crippen LogP contribution in [0.5, 0.6) is 0 Å². The summed E-state index contributed by atoms with van der Waals surface area (Å²) in [6, 6.07) is 13.9. The van der Waals surface area contributed by atoms with Crippen LogP contribution in [0.15, 0.2) is 42.5 Å². The lowest BCUT2D eigenvalue weighted by molar-refractivity contribution is -0.469. The molecule has 2 fully saturated rings. The molecular formula is C18H16N3O2S+. The Morgan fingerprint density at radius 2 is 1.88 bits per heavy atom. The molecule has 2 amide bonds. The molecule has 0 spiro atoms. The van der Waals surface area contributed by atoms with Crippen LogP contribution in [0.4, 0.5) is 5.69 Å². The Labute approximate surface area is 144 Å². The Bertz CT molecular complexity index is 883. The number of rotatable bonds is 3. The molecule has 1 saturated carbocycles. The minimum Gasteiger partial charge on any atom is -0.301 e. The summed E-state index contributed by atoms with van der Waals surface area (Å²) >= 11 is 5.27. The van der Waals surface area contributed by atoms with Crippen molar-refractivity contribution in [3.63, 3.8) is 0 Å². The summed E-state index contributed by atoms with van der Waals surface area (Å²) in [5, 5.41) is 4.70. The van der Waals surface area contributed by atoms with Crippen molar-refractivity contribution in [3.05, 3.63) is 42.5 Å². The molecule has 2 aliphatic rings. The summed E-state index contributed by atoms with van der Waals surface area (Å²) < 4.78 is 0. The van der Waals surface area contributed by atoms with Gasteiger partial charge < -0.3 is 5.32 Å². The van der Waals surface area contributed by atoms with Gasteiger partial charge in [-0.2, -0.15) is 0 Å². The van der Waals surface area contributed by atoms with Gasteiger partial charge in [-0.05, 0) is 23.7 Å². The highest BCUT2D eigenvalue weighted by molar-refractivity contribution is 7.80. The van der Waals surface area contributed by atoms with Gasteiger partial charge in [-0.3, -0.25) is 14.5 Å². The molecule has 4 rings (SSSR count). The maximum absolute atomic E-state index is 12.9. The summed E-state index contributed by atoms with van der Waals surface area (Å²) in [4.78, 5) is 29.7. The molecule has 1 heterocycles. The first-order valence-electron chi connectivity index (χ1n) is 7.91. The molecule has 2 aromatic carbocycles. The Morgan fingerprint density at radius 1 is 1.12 bits per heavy atom. The predicted octanol–water partition coefficient (Wildman–Crippen LogP) is 0.517. The number of nitrogens with one attached hydrogen (secondary N) is 2. The molecule has 1 saturated heterocycles. The van der Waals surface area contributed by atoms with Crippen LogP contribution in [-0.2, 0) is 9.59 Å².